The van der Waals surface area contributed by atoms with E-state index in [2.05, 4.69) is 43.9 Å². The lowest BCUT2D eigenvalue weighted by Crippen LogP contribution is -2.47. The number of hydrogen-bond donors (Lipinski definition) is 0. The lowest BCUT2D eigenvalue weighted by Gasteiger charge is -2.43. The summed E-state index contributed by atoms with van der Waals surface area (Å²) in [5.74, 6) is 3.40. The van der Waals surface area contributed by atoms with Crippen LogP contribution < -0.4 is 4.74 Å². The molecule has 2 nitrogen and oxygen atoms in total. The second kappa shape index (κ2) is 6.92. The quantitative estimate of drug-likeness (QED) is 0.684. The summed E-state index contributed by atoms with van der Waals surface area (Å²) in [5, 5.41) is 1.43. The molecule has 0 aliphatic carbocycles. The Bertz CT molecular complexity index is 752. The molecule has 3 heterocycles. The Morgan fingerprint density at radius 3 is 2.84 bits per heavy atom. The molecule has 1 aromatic heterocycles. The molecular formula is C22H31NOS. The zero-order valence-electron chi connectivity index (χ0n) is 16.0. The van der Waals surface area contributed by atoms with Crippen molar-refractivity contribution in [3.63, 3.8) is 0 Å². The second-order valence-electron chi connectivity index (χ2n) is 8.20. The number of benzene rings is 1. The molecule has 1 fully saturated rings. The van der Waals surface area contributed by atoms with E-state index in [0.29, 0.717) is 5.92 Å². The molecule has 0 amide bonds. The van der Waals surface area contributed by atoms with Gasteiger partial charge in [0.25, 0.3) is 0 Å². The Balaban J connectivity index is 1.74. The van der Waals surface area contributed by atoms with Gasteiger partial charge in [0.2, 0.25) is 0 Å². The van der Waals surface area contributed by atoms with Crippen molar-refractivity contribution in [1.29, 1.82) is 0 Å². The molecule has 2 aliphatic rings. The summed E-state index contributed by atoms with van der Waals surface area (Å²) < 4.78 is 6.93. The minimum Gasteiger partial charge on any atom is -0.497 e. The Labute approximate surface area is 156 Å². The lowest BCUT2D eigenvalue weighted by molar-refractivity contribution is 0.0607. The monoisotopic (exact) mass is 357 g/mol. The molecule has 0 spiro atoms. The fraction of sp³-hybridized carbons (Fsp3) is 0.636. The van der Waals surface area contributed by atoms with Crippen LogP contribution in [-0.4, -0.2) is 31.1 Å². The van der Waals surface area contributed by atoms with Gasteiger partial charge in [0.15, 0.2) is 0 Å². The molecule has 2 bridgehead atoms. The summed E-state index contributed by atoms with van der Waals surface area (Å²) in [6.07, 6.45) is 5.27. The van der Waals surface area contributed by atoms with Gasteiger partial charge in [0.1, 0.15) is 5.75 Å². The molecular weight excluding hydrogens is 326 g/mol. The van der Waals surface area contributed by atoms with Gasteiger partial charge in [0, 0.05) is 28.7 Å². The summed E-state index contributed by atoms with van der Waals surface area (Å²) >= 11 is 2.03. The Morgan fingerprint density at radius 2 is 2.08 bits per heavy atom. The van der Waals surface area contributed by atoms with E-state index in [-0.39, 0.29) is 0 Å². The van der Waals surface area contributed by atoms with Crippen LogP contribution in [0.1, 0.15) is 56.4 Å². The number of nitrogens with zero attached hydrogens (tertiary/aromatic N) is 1. The van der Waals surface area contributed by atoms with Crippen LogP contribution >= 0.6 is 11.3 Å². The molecule has 5 atom stereocenters. The SMILES string of the molecule is CCC1CC2CC(C)c3sc4ccc(OC)cc4c3CCN(C2)C1C. The molecule has 3 heteroatoms. The van der Waals surface area contributed by atoms with Crippen molar-refractivity contribution < 1.29 is 4.74 Å². The minimum absolute atomic E-state index is 0.675. The first-order valence-corrected chi connectivity index (χ1v) is 10.8. The molecule has 25 heavy (non-hydrogen) atoms. The number of piperidine rings is 1. The van der Waals surface area contributed by atoms with Crippen LogP contribution in [0.2, 0.25) is 0 Å². The van der Waals surface area contributed by atoms with Crippen molar-refractivity contribution >= 4 is 21.4 Å². The van der Waals surface area contributed by atoms with Gasteiger partial charge in [0.05, 0.1) is 7.11 Å². The van der Waals surface area contributed by atoms with Gasteiger partial charge >= 0.3 is 0 Å². The zero-order chi connectivity index (χ0) is 17.6. The highest BCUT2D eigenvalue weighted by Crippen LogP contribution is 2.43. The fourth-order valence-electron chi connectivity index (χ4n) is 5.26. The van der Waals surface area contributed by atoms with E-state index in [0.717, 1.165) is 23.6 Å². The maximum absolute atomic E-state index is 5.50. The van der Waals surface area contributed by atoms with Gasteiger partial charge in [-0.15, -0.1) is 11.3 Å². The average molecular weight is 358 g/mol. The molecule has 1 saturated heterocycles. The third kappa shape index (κ3) is 3.10. The molecule has 0 radical (unpaired) electrons. The lowest BCUT2D eigenvalue weighted by atomic mass is 9.79. The van der Waals surface area contributed by atoms with Gasteiger partial charge in [-0.2, -0.15) is 0 Å². The summed E-state index contributed by atoms with van der Waals surface area (Å²) in [5.41, 5.74) is 1.60. The number of methoxy groups -OCH3 is 1. The number of rotatable bonds is 2. The molecule has 0 N–H and O–H groups in total. The summed E-state index contributed by atoms with van der Waals surface area (Å²) in [6, 6.07) is 7.35. The second-order valence-corrected chi connectivity index (χ2v) is 9.28. The van der Waals surface area contributed by atoms with Crippen molar-refractivity contribution in [2.45, 2.75) is 58.4 Å². The van der Waals surface area contributed by atoms with Crippen molar-refractivity contribution in [2.24, 2.45) is 11.8 Å². The number of fused-ring (bicyclic) bond motifs is 5. The van der Waals surface area contributed by atoms with E-state index in [4.69, 9.17) is 4.74 Å². The van der Waals surface area contributed by atoms with E-state index in [1.165, 1.54) is 48.9 Å². The maximum Gasteiger partial charge on any atom is 0.119 e. The van der Waals surface area contributed by atoms with Crippen molar-refractivity contribution in [1.82, 2.24) is 4.90 Å². The first-order valence-electron chi connectivity index (χ1n) is 9.94. The Morgan fingerprint density at radius 1 is 1.24 bits per heavy atom. The number of hydrogen-bond acceptors (Lipinski definition) is 3. The third-order valence-corrected chi connectivity index (χ3v) is 8.17. The van der Waals surface area contributed by atoms with Crippen LogP contribution in [0, 0.1) is 11.8 Å². The fourth-order valence-corrected chi connectivity index (χ4v) is 6.56. The predicted molar refractivity (Wildman–Crippen MR) is 108 cm³/mol. The van der Waals surface area contributed by atoms with Crippen LogP contribution in [0.3, 0.4) is 0 Å². The van der Waals surface area contributed by atoms with Gasteiger partial charge < -0.3 is 4.74 Å². The van der Waals surface area contributed by atoms with E-state index < -0.39 is 0 Å². The molecule has 2 aliphatic heterocycles. The normalized spacial score (nSPS) is 32.6. The first-order chi connectivity index (χ1) is 12.1. The molecule has 2 aromatic rings. The molecule has 0 saturated carbocycles. The third-order valence-electron chi connectivity index (χ3n) is 6.72. The van der Waals surface area contributed by atoms with Crippen molar-refractivity contribution in [2.75, 3.05) is 20.2 Å². The van der Waals surface area contributed by atoms with Crippen molar-refractivity contribution in [3.05, 3.63) is 28.6 Å². The van der Waals surface area contributed by atoms with Gasteiger partial charge in [-0.05, 0) is 73.1 Å². The molecule has 5 unspecified atom stereocenters. The Hall–Kier alpha value is -1.06. The first kappa shape index (κ1) is 17.4. The Kier molecular flexibility index (Phi) is 4.81. The van der Waals surface area contributed by atoms with Crippen LogP contribution in [0.4, 0.5) is 0 Å². The summed E-state index contributed by atoms with van der Waals surface area (Å²) in [4.78, 5) is 4.42. The van der Waals surface area contributed by atoms with Gasteiger partial charge in [-0.1, -0.05) is 20.3 Å². The molecule has 136 valence electrons. The van der Waals surface area contributed by atoms with Crippen LogP contribution in [0.5, 0.6) is 5.75 Å². The predicted octanol–water partition coefficient (Wildman–Crippen LogP) is 5.70. The highest BCUT2D eigenvalue weighted by atomic mass is 32.1. The van der Waals surface area contributed by atoms with E-state index >= 15 is 0 Å². The van der Waals surface area contributed by atoms with E-state index in [1.54, 1.807) is 17.6 Å². The molecule has 4 rings (SSSR count). The maximum atomic E-state index is 5.50. The van der Waals surface area contributed by atoms with E-state index in [1.807, 2.05) is 11.3 Å². The highest BCUT2D eigenvalue weighted by molar-refractivity contribution is 7.19. The van der Waals surface area contributed by atoms with Crippen LogP contribution in [-0.2, 0) is 6.42 Å². The summed E-state index contributed by atoms with van der Waals surface area (Å²) in [6.45, 7) is 9.80. The topological polar surface area (TPSA) is 12.5 Å². The van der Waals surface area contributed by atoms with Gasteiger partial charge in [-0.25, -0.2) is 0 Å². The number of thiophene rings is 1. The average Bonchev–Trinajstić information content (AvgIpc) is 3.00. The number of ether oxygens (including phenoxy) is 1. The van der Waals surface area contributed by atoms with E-state index in [9.17, 15) is 0 Å². The van der Waals surface area contributed by atoms with Crippen LogP contribution in [0.25, 0.3) is 10.1 Å². The largest absolute Gasteiger partial charge is 0.497 e. The smallest absolute Gasteiger partial charge is 0.119 e. The highest BCUT2D eigenvalue weighted by Gasteiger charge is 2.35. The standard InChI is InChI=1S/C22H31NOS/c1-5-17-11-16-10-14(2)22-19(8-9-23(13-16)15(17)3)20-12-18(24-4)6-7-21(20)25-22/h6-7,12,14-17H,5,8-11,13H2,1-4H3. The van der Waals surface area contributed by atoms with Crippen molar-refractivity contribution in [3.8, 4) is 5.75 Å². The molecule has 1 aromatic carbocycles. The van der Waals surface area contributed by atoms with Gasteiger partial charge in [-0.3, -0.25) is 4.90 Å². The van der Waals surface area contributed by atoms with Crippen LogP contribution in [0.15, 0.2) is 18.2 Å². The zero-order valence-corrected chi connectivity index (χ0v) is 16.9. The summed E-state index contributed by atoms with van der Waals surface area (Å²) in [7, 11) is 1.77. The minimum atomic E-state index is 0.675.